The van der Waals surface area contributed by atoms with Gasteiger partial charge in [-0.3, -0.25) is 9.59 Å². The fraction of sp³-hybridized carbons (Fsp3) is 0.364. The van der Waals surface area contributed by atoms with Crippen molar-refractivity contribution >= 4 is 23.2 Å². The lowest BCUT2D eigenvalue weighted by atomic mass is 10.1. The fourth-order valence-electron chi connectivity index (χ4n) is 3.15. The van der Waals surface area contributed by atoms with E-state index in [0.717, 1.165) is 43.0 Å². The van der Waals surface area contributed by atoms with E-state index in [1.165, 1.54) is 5.69 Å². The van der Waals surface area contributed by atoms with Crippen molar-refractivity contribution in [3.05, 3.63) is 59.2 Å². The van der Waals surface area contributed by atoms with Crippen LogP contribution in [0.25, 0.3) is 0 Å². The predicted molar refractivity (Wildman–Crippen MR) is 111 cm³/mol. The number of anilines is 2. The number of amides is 2. The van der Waals surface area contributed by atoms with E-state index in [2.05, 4.69) is 39.8 Å². The van der Waals surface area contributed by atoms with Gasteiger partial charge in [0, 0.05) is 31.0 Å². The molecule has 0 aromatic heterocycles. The van der Waals surface area contributed by atoms with E-state index in [4.69, 9.17) is 4.74 Å². The van der Waals surface area contributed by atoms with Gasteiger partial charge < -0.3 is 20.3 Å². The zero-order chi connectivity index (χ0) is 19.9. The Kier molecular flexibility index (Phi) is 6.66. The van der Waals surface area contributed by atoms with Crippen molar-refractivity contribution < 1.29 is 14.3 Å². The molecule has 2 aromatic rings. The van der Waals surface area contributed by atoms with Gasteiger partial charge >= 0.3 is 11.8 Å². The standard InChI is InChI=1S/C22H27N3O3/c1-16-3-4-17(2)20(15-16)24-22(27)21(26)23-10-9-18-5-7-19(8-6-18)25-11-13-28-14-12-25/h3-8,15H,9-14H2,1-2H3,(H,23,26)(H,24,27). The maximum atomic E-state index is 12.1. The minimum Gasteiger partial charge on any atom is -0.378 e. The van der Waals surface area contributed by atoms with Gasteiger partial charge in [0.2, 0.25) is 0 Å². The van der Waals surface area contributed by atoms with Crippen LogP contribution in [0.4, 0.5) is 11.4 Å². The van der Waals surface area contributed by atoms with Crippen LogP contribution in [-0.2, 0) is 20.7 Å². The molecular weight excluding hydrogens is 354 g/mol. The van der Waals surface area contributed by atoms with Crippen LogP contribution < -0.4 is 15.5 Å². The lowest BCUT2D eigenvalue weighted by Crippen LogP contribution is -2.36. The number of benzene rings is 2. The molecule has 1 heterocycles. The summed E-state index contributed by atoms with van der Waals surface area (Å²) in [4.78, 5) is 26.5. The first-order valence-corrected chi connectivity index (χ1v) is 9.61. The van der Waals surface area contributed by atoms with E-state index < -0.39 is 11.8 Å². The number of morpholine rings is 1. The van der Waals surface area contributed by atoms with Crippen molar-refractivity contribution in [2.45, 2.75) is 20.3 Å². The molecule has 3 rings (SSSR count). The van der Waals surface area contributed by atoms with Crippen LogP contribution in [0.5, 0.6) is 0 Å². The molecule has 1 saturated heterocycles. The summed E-state index contributed by atoms with van der Waals surface area (Å²) in [5.74, 6) is -1.26. The quantitative estimate of drug-likeness (QED) is 0.781. The zero-order valence-corrected chi connectivity index (χ0v) is 16.5. The molecule has 1 fully saturated rings. The van der Waals surface area contributed by atoms with Gasteiger partial charge in [-0.05, 0) is 55.2 Å². The molecule has 0 atom stereocenters. The zero-order valence-electron chi connectivity index (χ0n) is 16.5. The monoisotopic (exact) mass is 381 g/mol. The van der Waals surface area contributed by atoms with Gasteiger partial charge in [-0.15, -0.1) is 0 Å². The number of aryl methyl sites for hydroxylation is 2. The Morgan fingerprint density at radius 2 is 1.71 bits per heavy atom. The van der Waals surface area contributed by atoms with Gasteiger partial charge in [-0.25, -0.2) is 0 Å². The number of nitrogens with zero attached hydrogens (tertiary/aromatic N) is 1. The largest absolute Gasteiger partial charge is 0.378 e. The third-order valence-corrected chi connectivity index (χ3v) is 4.86. The molecule has 0 radical (unpaired) electrons. The molecule has 2 N–H and O–H groups in total. The number of rotatable bonds is 5. The Morgan fingerprint density at radius 3 is 2.43 bits per heavy atom. The van der Waals surface area contributed by atoms with Crippen molar-refractivity contribution in [2.75, 3.05) is 43.1 Å². The molecule has 148 valence electrons. The van der Waals surface area contributed by atoms with Crippen molar-refractivity contribution in [2.24, 2.45) is 0 Å². The van der Waals surface area contributed by atoms with Crippen LogP contribution in [0.3, 0.4) is 0 Å². The van der Waals surface area contributed by atoms with Gasteiger partial charge in [0.05, 0.1) is 13.2 Å². The lowest BCUT2D eigenvalue weighted by Gasteiger charge is -2.28. The van der Waals surface area contributed by atoms with Gasteiger partial charge in [0.25, 0.3) is 0 Å². The first kappa shape index (κ1) is 19.9. The van der Waals surface area contributed by atoms with Crippen LogP contribution in [-0.4, -0.2) is 44.7 Å². The third kappa shape index (κ3) is 5.33. The van der Waals surface area contributed by atoms with Gasteiger partial charge in [0.1, 0.15) is 0 Å². The summed E-state index contributed by atoms with van der Waals surface area (Å²) in [6.45, 7) is 7.59. The van der Waals surface area contributed by atoms with Gasteiger partial charge in [0.15, 0.2) is 0 Å². The summed E-state index contributed by atoms with van der Waals surface area (Å²) in [6, 6.07) is 14.1. The normalized spacial score (nSPS) is 13.9. The molecule has 0 aliphatic carbocycles. The number of nitrogens with one attached hydrogen (secondary N) is 2. The molecule has 0 spiro atoms. The fourth-order valence-corrected chi connectivity index (χ4v) is 3.15. The summed E-state index contributed by atoms with van der Waals surface area (Å²) >= 11 is 0. The molecule has 6 nitrogen and oxygen atoms in total. The lowest BCUT2D eigenvalue weighted by molar-refractivity contribution is -0.136. The van der Waals surface area contributed by atoms with Crippen LogP contribution >= 0.6 is 0 Å². The molecule has 0 saturated carbocycles. The van der Waals surface area contributed by atoms with E-state index in [-0.39, 0.29) is 0 Å². The number of carbonyl (C=O) groups excluding carboxylic acids is 2. The second-order valence-corrected chi connectivity index (χ2v) is 7.04. The highest BCUT2D eigenvalue weighted by Crippen LogP contribution is 2.17. The van der Waals surface area contributed by atoms with E-state index >= 15 is 0 Å². The second kappa shape index (κ2) is 9.37. The molecule has 2 aromatic carbocycles. The maximum Gasteiger partial charge on any atom is 0.313 e. The van der Waals surface area contributed by atoms with E-state index in [0.29, 0.717) is 18.7 Å². The minimum atomic E-state index is -0.642. The first-order chi connectivity index (χ1) is 13.5. The summed E-state index contributed by atoms with van der Waals surface area (Å²) in [7, 11) is 0. The van der Waals surface area contributed by atoms with Gasteiger partial charge in [-0.1, -0.05) is 24.3 Å². The Balaban J connectivity index is 1.45. The Labute approximate surface area is 165 Å². The molecular formula is C22H27N3O3. The summed E-state index contributed by atoms with van der Waals surface area (Å²) in [6.07, 6.45) is 0.673. The SMILES string of the molecule is Cc1ccc(C)c(NC(=O)C(=O)NCCc2ccc(N3CCOCC3)cc2)c1. The molecule has 6 heteroatoms. The first-order valence-electron chi connectivity index (χ1n) is 9.61. The molecule has 0 unspecified atom stereocenters. The van der Waals surface area contributed by atoms with Gasteiger partial charge in [-0.2, -0.15) is 0 Å². The highest BCUT2D eigenvalue weighted by atomic mass is 16.5. The molecule has 2 amide bonds. The highest BCUT2D eigenvalue weighted by molar-refractivity contribution is 6.39. The van der Waals surface area contributed by atoms with Crippen molar-refractivity contribution in [3.63, 3.8) is 0 Å². The number of hydrogen-bond donors (Lipinski definition) is 2. The Bertz CT molecular complexity index is 827. The Morgan fingerprint density at radius 1 is 1.00 bits per heavy atom. The van der Waals surface area contributed by atoms with Crippen molar-refractivity contribution in [1.29, 1.82) is 0 Å². The highest BCUT2D eigenvalue weighted by Gasteiger charge is 2.14. The molecule has 1 aliphatic rings. The van der Waals surface area contributed by atoms with E-state index in [1.54, 1.807) is 0 Å². The summed E-state index contributed by atoms with van der Waals surface area (Å²) in [5.41, 5.74) is 4.92. The average molecular weight is 381 g/mol. The average Bonchev–Trinajstić information content (AvgIpc) is 2.72. The maximum absolute atomic E-state index is 12.1. The summed E-state index contributed by atoms with van der Waals surface area (Å²) < 4.78 is 5.37. The third-order valence-electron chi connectivity index (χ3n) is 4.86. The van der Waals surface area contributed by atoms with Crippen LogP contribution in [0, 0.1) is 13.8 Å². The van der Waals surface area contributed by atoms with E-state index in [1.807, 2.05) is 32.0 Å². The van der Waals surface area contributed by atoms with Crippen LogP contribution in [0.1, 0.15) is 16.7 Å². The van der Waals surface area contributed by atoms with Crippen molar-refractivity contribution in [1.82, 2.24) is 5.32 Å². The Hall–Kier alpha value is -2.86. The molecule has 0 bridgehead atoms. The van der Waals surface area contributed by atoms with Crippen LogP contribution in [0.15, 0.2) is 42.5 Å². The van der Waals surface area contributed by atoms with Crippen LogP contribution in [0.2, 0.25) is 0 Å². The smallest absolute Gasteiger partial charge is 0.313 e. The second-order valence-electron chi connectivity index (χ2n) is 7.04. The topological polar surface area (TPSA) is 70.7 Å². The predicted octanol–water partition coefficient (Wildman–Crippen LogP) is 2.44. The van der Waals surface area contributed by atoms with Crippen molar-refractivity contribution in [3.8, 4) is 0 Å². The number of ether oxygens (including phenoxy) is 1. The van der Waals surface area contributed by atoms with E-state index in [9.17, 15) is 9.59 Å². The minimum absolute atomic E-state index is 0.413. The number of carbonyl (C=O) groups is 2. The number of hydrogen-bond acceptors (Lipinski definition) is 4. The summed E-state index contributed by atoms with van der Waals surface area (Å²) in [5, 5.41) is 5.36. The molecule has 1 aliphatic heterocycles. The molecule has 28 heavy (non-hydrogen) atoms.